The highest BCUT2D eigenvalue weighted by Gasteiger charge is 2.29. The number of nitrogens with one attached hydrogen (secondary N) is 1. The highest BCUT2D eigenvalue weighted by molar-refractivity contribution is 6.23. The van der Waals surface area contributed by atoms with Crippen LogP contribution in [0.2, 0.25) is 0 Å². The molecule has 0 atom stereocenters. The summed E-state index contributed by atoms with van der Waals surface area (Å²) in [7, 11) is 0. The van der Waals surface area contributed by atoms with E-state index in [1.165, 1.54) is 5.56 Å². The third kappa shape index (κ3) is 3.41. The van der Waals surface area contributed by atoms with E-state index in [9.17, 15) is 9.59 Å². The van der Waals surface area contributed by atoms with Gasteiger partial charge in [0.1, 0.15) is 0 Å². The number of fused-ring (bicyclic) bond motifs is 2. The van der Waals surface area contributed by atoms with Crippen LogP contribution in [0.4, 0.5) is 0 Å². The SMILES string of the molecule is CC1=CCC2=C(C=C1)c1ccc(C(=O)NCCc3ccccc3)cc1C2=O. The van der Waals surface area contributed by atoms with Crippen molar-refractivity contribution in [2.45, 2.75) is 19.8 Å². The molecule has 2 aliphatic carbocycles. The van der Waals surface area contributed by atoms with Crippen molar-refractivity contribution in [1.82, 2.24) is 5.32 Å². The van der Waals surface area contributed by atoms with Crippen molar-refractivity contribution in [2.75, 3.05) is 6.54 Å². The summed E-state index contributed by atoms with van der Waals surface area (Å²) in [5.41, 5.74) is 6.24. The largest absolute Gasteiger partial charge is 0.352 e. The number of carbonyl (C=O) groups is 2. The highest BCUT2D eigenvalue weighted by Crippen LogP contribution is 2.37. The second kappa shape index (κ2) is 7.20. The number of hydrogen-bond acceptors (Lipinski definition) is 2. The molecule has 1 N–H and O–H groups in total. The predicted molar refractivity (Wildman–Crippen MR) is 108 cm³/mol. The summed E-state index contributed by atoms with van der Waals surface area (Å²) in [4.78, 5) is 25.3. The summed E-state index contributed by atoms with van der Waals surface area (Å²) >= 11 is 0. The second-order valence-corrected chi connectivity index (χ2v) is 6.96. The number of rotatable bonds is 4. The van der Waals surface area contributed by atoms with Crippen LogP contribution in [0.15, 0.2) is 77.9 Å². The monoisotopic (exact) mass is 355 g/mol. The zero-order valence-corrected chi connectivity index (χ0v) is 15.3. The van der Waals surface area contributed by atoms with Crippen molar-refractivity contribution in [1.29, 1.82) is 0 Å². The molecule has 0 bridgehead atoms. The van der Waals surface area contributed by atoms with Crippen molar-refractivity contribution in [3.63, 3.8) is 0 Å². The molecule has 2 aliphatic rings. The van der Waals surface area contributed by atoms with E-state index in [-0.39, 0.29) is 11.7 Å². The lowest BCUT2D eigenvalue weighted by atomic mass is 10.0. The fraction of sp³-hybridized carbons (Fsp3) is 0.167. The van der Waals surface area contributed by atoms with E-state index < -0.39 is 0 Å². The molecule has 0 heterocycles. The van der Waals surface area contributed by atoms with Crippen molar-refractivity contribution in [3.8, 4) is 0 Å². The molecule has 0 aromatic heterocycles. The zero-order valence-electron chi connectivity index (χ0n) is 15.3. The lowest BCUT2D eigenvalue weighted by Crippen LogP contribution is -2.25. The van der Waals surface area contributed by atoms with Crippen LogP contribution in [-0.4, -0.2) is 18.2 Å². The molecule has 2 aromatic carbocycles. The topological polar surface area (TPSA) is 46.2 Å². The van der Waals surface area contributed by atoms with Gasteiger partial charge in [0.2, 0.25) is 0 Å². The zero-order chi connectivity index (χ0) is 18.8. The van der Waals surface area contributed by atoms with Gasteiger partial charge in [0.25, 0.3) is 5.91 Å². The van der Waals surface area contributed by atoms with E-state index in [1.807, 2.05) is 55.5 Å². The number of carbonyl (C=O) groups excluding carboxylic acids is 2. The Morgan fingerprint density at radius 3 is 2.67 bits per heavy atom. The average molecular weight is 355 g/mol. The number of amides is 1. The van der Waals surface area contributed by atoms with Gasteiger partial charge in [-0.05, 0) is 48.6 Å². The molecule has 134 valence electrons. The molecule has 0 aliphatic heterocycles. The summed E-state index contributed by atoms with van der Waals surface area (Å²) in [6.45, 7) is 2.60. The number of ketones is 1. The van der Waals surface area contributed by atoms with Crippen molar-refractivity contribution in [3.05, 3.63) is 100 Å². The minimum atomic E-state index is -0.144. The van der Waals surface area contributed by atoms with Gasteiger partial charge >= 0.3 is 0 Å². The third-order valence-corrected chi connectivity index (χ3v) is 5.10. The Morgan fingerprint density at radius 2 is 1.85 bits per heavy atom. The molecule has 0 unspecified atom stereocenters. The number of hydrogen-bond donors (Lipinski definition) is 1. The van der Waals surface area contributed by atoms with Crippen molar-refractivity contribution >= 4 is 17.3 Å². The van der Waals surface area contributed by atoms with E-state index >= 15 is 0 Å². The van der Waals surface area contributed by atoms with Gasteiger partial charge in [0.15, 0.2) is 5.78 Å². The predicted octanol–water partition coefficient (Wildman–Crippen LogP) is 4.52. The van der Waals surface area contributed by atoms with Crippen molar-refractivity contribution in [2.24, 2.45) is 0 Å². The van der Waals surface area contributed by atoms with Crippen LogP contribution >= 0.6 is 0 Å². The fourth-order valence-corrected chi connectivity index (χ4v) is 3.56. The normalized spacial score (nSPS) is 15.1. The fourth-order valence-electron chi connectivity index (χ4n) is 3.56. The molecular weight excluding hydrogens is 334 g/mol. The average Bonchev–Trinajstić information content (AvgIpc) is 2.82. The van der Waals surface area contributed by atoms with Gasteiger partial charge in [0.05, 0.1) is 0 Å². The first-order valence-corrected chi connectivity index (χ1v) is 9.23. The number of Topliss-reactive ketones (excluding diaryl/α,β-unsaturated/α-hetero) is 1. The van der Waals surface area contributed by atoms with E-state index in [2.05, 4.69) is 11.4 Å². The quantitative estimate of drug-likeness (QED) is 0.877. The minimum Gasteiger partial charge on any atom is -0.352 e. The summed E-state index contributed by atoms with van der Waals surface area (Å²) in [6.07, 6.45) is 7.54. The molecule has 0 fully saturated rings. The van der Waals surface area contributed by atoms with Crippen LogP contribution in [0.25, 0.3) is 5.57 Å². The van der Waals surface area contributed by atoms with E-state index in [4.69, 9.17) is 0 Å². The summed E-state index contributed by atoms with van der Waals surface area (Å²) < 4.78 is 0. The molecule has 0 radical (unpaired) electrons. The summed E-state index contributed by atoms with van der Waals surface area (Å²) in [5, 5.41) is 2.94. The van der Waals surface area contributed by atoms with E-state index in [1.54, 1.807) is 12.1 Å². The first kappa shape index (κ1) is 17.2. The molecule has 3 nitrogen and oxygen atoms in total. The molecule has 27 heavy (non-hydrogen) atoms. The van der Waals surface area contributed by atoms with E-state index in [0.29, 0.717) is 24.1 Å². The van der Waals surface area contributed by atoms with Gasteiger partial charge in [-0.15, -0.1) is 0 Å². The van der Waals surface area contributed by atoms with Gasteiger partial charge in [0, 0.05) is 23.2 Å². The van der Waals surface area contributed by atoms with Crippen molar-refractivity contribution < 1.29 is 9.59 Å². The maximum absolute atomic E-state index is 12.8. The Labute approximate surface area is 159 Å². The van der Waals surface area contributed by atoms with Gasteiger partial charge in [-0.1, -0.05) is 60.2 Å². The van der Waals surface area contributed by atoms with Crippen LogP contribution in [0.1, 0.15) is 45.2 Å². The molecule has 2 aromatic rings. The Morgan fingerprint density at radius 1 is 1.04 bits per heavy atom. The Kier molecular flexibility index (Phi) is 4.59. The number of benzene rings is 2. The molecule has 0 spiro atoms. The molecule has 3 heteroatoms. The molecule has 1 amide bonds. The minimum absolute atomic E-state index is 0.0366. The van der Waals surface area contributed by atoms with E-state index in [0.717, 1.165) is 28.7 Å². The maximum atomic E-state index is 12.8. The Bertz CT molecular complexity index is 1010. The first-order valence-electron chi connectivity index (χ1n) is 9.23. The molecule has 0 saturated heterocycles. The lowest BCUT2D eigenvalue weighted by molar-refractivity contribution is 0.0954. The van der Waals surface area contributed by atoms with Gasteiger partial charge < -0.3 is 5.32 Å². The summed E-state index contributed by atoms with van der Waals surface area (Å²) in [5.74, 6) is -0.107. The molecular formula is C24H21NO2. The van der Waals surface area contributed by atoms with Gasteiger partial charge in [-0.2, -0.15) is 0 Å². The Hall–Kier alpha value is -3.20. The van der Waals surface area contributed by atoms with Crippen LogP contribution in [0.5, 0.6) is 0 Å². The van der Waals surface area contributed by atoms with Crippen LogP contribution in [-0.2, 0) is 6.42 Å². The highest BCUT2D eigenvalue weighted by atomic mass is 16.1. The first-order chi connectivity index (χ1) is 13.1. The Balaban J connectivity index is 1.48. The van der Waals surface area contributed by atoms with Crippen LogP contribution in [0.3, 0.4) is 0 Å². The summed E-state index contributed by atoms with van der Waals surface area (Å²) in [6, 6.07) is 15.5. The maximum Gasteiger partial charge on any atom is 0.251 e. The van der Waals surface area contributed by atoms with Crippen LogP contribution < -0.4 is 5.32 Å². The standard InChI is InChI=1S/C24H21NO2/c1-16-7-10-19-20-12-9-18(15-22(20)23(26)21(19)11-8-16)24(27)25-14-13-17-5-3-2-4-6-17/h2-10,12,15H,11,13-14H2,1H3,(H,25,27). The third-order valence-electron chi connectivity index (χ3n) is 5.10. The van der Waals surface area contributed by atoms with Crippen LogP contribution in [0, 0.1) is 0 Å². The lowest BCUT2D eigenvalue weighted by Gasteiger charge is -2.08. The molecule has 4 rings (SSSR count). The van der Waals surface area contributed by atoms with Gasteiger partial charge in [-0.3, -0.25) is 9.59 Å². The molecule has 0 saturated carbocycles. The number of allylic oxidation sites excluding steroid dienone is 6. The van der Waals surface area contributed by atoms with Gasteiger partial charge in [-0.25, -0.2) is 0 Å². The second-order valence-electron chi connectivity index (χ2n) is 6.96. The smallest absolute Gasteiger partial charge is 0.251 e.